The third-order valence-electron chi connectivity index (χ3n) is 2.96. The van der Waals surface area contributed by atoms with Gasteiger partial charge in [-0.3, -0.25) is 4.09 Å². The molecule has 2 aromatic rings. The monoisotopic (exact) mass is 236 g/mol. The summed E-state index contributed by atoms with van der Waals surface area (Å²) in [6, 6.07) is 3.96. The molecule has 0 atom stereocenters. The van der Waals surface area contributed by atoms with Crippen molar-refractivity contribution in [2.45, 2.75) is 0 Å². The normalized spacial score (nSPS) is 16.9. The third kappa shape index (κ3) is 1.54. The number of aromatic nitrogens is 2. The highest BCUT2D eigenvalue weighted by Crippen LogP contribution is 2.26. The van der Waals surface area contributed by atoms with E-state index in [-0.39, 0.29) is 0 Å². The van der Waals surface area contributed by atoms with Crippen molar-refractivity contribution < 1.29 is 0 Å². The van der Waals surface area contributed by atoms with Crippen LogP contribution in [-0.2, 0) is 0 Å². The lowest BCUT2D eigenvalue weighted by Crippen LogP contribution is -2.43. The Hall–Kier alpha value is -1.26. The molecule has 0 aliphatic carbocycles. The van der Waals surface area contributed by atoms with E-state index in [1.165, 1.54) is 0 Å². The number of rotatable bonds is 1. The molecule has 4 nitrogen and oxygen atoms in total. The smallest absolute Gasteiger partial charge is 0.138 e. The Morgan fingerprint density at radius 1 is 1.25 bits per heavy atom. The molecule has 5 heteroatoms. The van der Waals surface area contributed by atoms with Gasteiger partial charge in [0, 0.05) is 55.7 Å². The van der Waals surface area contributed by atoms with E-state index in [1.54, 1.807) is 4.09 Å². The van der Waals surface area contributed by atoms with Gasteiger partial charge in [0.05, 0.1) is 5.52 Å². The van der Waals surface area contributed by atoms with Gasteiger partial charge in [-0.15, -0.1) is 0 Å². The van der Waals surface area contributed by atoms with E-state index in [0.29, 0.717) is 0 Å². The van der Waals surface area contributed by atoms with Gasteiger partial charge in [0.1, 0.15) is 5.82 Å². The second kappa shape index (κ2) is 3.96. The number of piperazine rings is 1. The molecule has 0 spiro atoms. The predicted molar refractivity (Wildman–Crippen MR) is 66.1 cm³/mol. The lowest BCUT2D eigenvalue weighted by molar-refractivity contribution is 0.586. The molecule has 3 rings (SSSR count). The van der Waals surface area contributed by atoms with Gasteiger partial charge in [0.2, 0.25) is 0 Å². The van der Waals surface area contributed by atoms with Gasteiger partial charge < -0.3 is 10.2 Å². The first-order valence-electron chi connectivity index (χ1n) is 5.44. The second-order valence-electron chi connectivity index (χ2n) is 3.93. The lowest BCUT2D eigenvalue weighted by Gasteiger charge is -2.28. The highest BCUT2D eigenvalue weighted by atomic mass is 35.5. The molecule has 1 saturated heterocycles. The van der Waals surface area contributed by atoms with Gasteiger partial charge in [-0.05, 0) is 12.1 Å². The summed E-state index contributed by atoms with van der Waals surface area (Å²) in [4.78, 5) is 6.77. The molecule has 0 unspecified atom stereocenters. The number of hydrogen-bond donors (Lipinski definition) is 1. The standard InChI is InChI=1S/C11H13ClN4/c12-16-6-2-9-10(16)1-3-14-11(9)15-7-4-13-5-8-15/h1-3,6,13H,4-5,7-8H2. The summed E-state index contributed by atoms with van der Waals surface area (Å²) in [6.45, 7) is 4.03. The molecule has 3 heterocycles. The number of fused-ring (bicyclic) bond motifs is 1. The van der Waals surface area contributed by atoms with Crippen LogP contribution in [0.4, 0.5) is 5.82 Å². The molecule has 1 N–H and O–H groups in total. The Labute approximate surface area is 98.9 Å². The summed E-state index contributed by atoms with van der Waals surface area (Å²) >= 11 is 6.04. The van der Waals surface area contributed by atoms with Crippen LogP contribution in [0.5, 0.6) is 0 Å². The maximum Gasteiger partial charge on any atom is 0.138 e. The van der Waals surface area contributed by atoms with Gasteiger partial charge >= 0.3 is 0 Å². The Morgan fingerprint density at radius 3 is 2.88 bits per heavy atom. The van der Waals surface area contributed by atoms with Crippen LogP contribution in [0.2, 0.25) is 0 Å². The third-order valence-corrected chi connectivity index (χ3v) is 3.26. The van der Waals surface area contributed by atoms with Crippen molar-refractivity contribution in [2.75, 3.05) is 31.1 Å². The SMILES string of the molecule is Cln1ccc2c(N3CCNCC3)nccc21. The minimum absolute atomic E-state index is 1.000. The van der Waals surface area contributed by atoms with Crippen molar-refractivity contribution in [2.24, 2.45) is 0 Å². The van der Waals surface area contributed by atoms with Gasteiger partial charge in [0.25, 0.3) is 0 Å². The Balaban J connectivity index is 2.08. The number of nitrogens with one attached hydrogen (secondary N) is 1. The predicted octanol–water partition coefficient (Wildman–Crippen LogP) is 1.45. The summed E-state index contributed by atoms with van der Waals surface area (Å²) in [5, 5.41) is 4.46. The molecule has 1 fully saturated rings. The van der Waals surface area contributed by atoms with Crippen molar-refractivity contribution >= 4 is 28.5 Å². The zero-order valence-electron chi connectivity index (χ0n) is 8.86. The van der Waals surface area contributed by atoms with Crippen LogP contribution in [0.15, 0.2) is 24.5 Å². The van der Waals surface area contributed by atoms with E-state index in [1.807, 2.05) is 24.5 Å². The summed E-state index contributed by atoms with van der Waals surface area (Å²) in [6.07, 6.45) is 3.68. The van der Waals surface area contributed by atoms with Crippen molar-refractivity contribution in [1.82, 2.24) is 14.4 Å². The molecule has 0 aromatic carbocycles. The number of halogens is 1. The molecular formula is C11H13ClN4. The average Bonchev–Trinajstić information content (AvgIpc) is 2.73. The highest BCUT2D eigenvalue weighted by Gasteiger charge is 2.15. The van der Waals surface area contributed by atoms with E-state index in [2.05, 4.69) is 15.2 Å². The molecule has 0 amide bonds. The fraction of sp³-hybridized carbons (Fsp3) is 0.364. The number of hydrogen-bond acceptors (Lipinski definition) is 3. The molecule has 84 valence electrons. The zero-order chi connectivity index (χ0) is 11.0. The molecule has 16 heavy (non-hydrogen) atoms. The summed E-state index contributed by atoms with van der Waals surface area (Å²) < 4.78 is 1.61. The maximum atomic E-state index is 6.04. The first kappa shape index (κ1) is 9.93. The Kier molecular flexibility index (Phi) is 2.46. The summed E-state index contributed by atoms with van der Waals surface area (Å²) in [7, 11) is 0. The summed E-state index contributed by atoms with van der Waals surface area (Å²) in [5.41, 5.74) is 1.02. The largest absolute Gasteiger partial charge is 0.354 e. The van der Waals surface area contributed by atoms with Crippen LogP contribution in [0, 0.1) is 0 Å². The highest BCUT2D eigenvalue weighted by molar-refractivity contribution is 6.19. The van der Waals surface area contributed by atoms with Crippen molar-refractivity contribution in [3.8, 4) is 0 Å². The fourth-order valence-corrected chi connectivity index (χ4v) is 2.35. The lowest BCUT2D eigenvalue weighted by atomic mass is 10.2. The number of anilines is 1. The minimum atomic E-state index is 1.000. The topological polar surface area (TPSA) is 33.1 Å². The Bertz CT molecular complexity index is 502. The fourth-order valence-electron chi connectivity index (χ4n) is 2.15. The zero-order valence-corrected chi connectivity index (χ0v) is 9.61. The van der Waals surface area contributed by atoms with E-state index < -0.39 is 0 Å². The minimum Gasteiger partial charge on any atom is -0.354 e. The molecule has 2 aromatic heterocycles. The molecule has 0 radical (unpaired) electrons. The molecular weight excluding hydrogens is 224 g/mol. The van der Waals surface area contributed by atoms with Crippen LogP contribution < -0.4 is 10.2 Å². The van der Waals surface area contributed by atoms with E-state index in [4.69, 9.17) is 11.8 Å². The van der Waals surface area contributed by atoms with Crippen LogP contribution >= 0.6 is 11.8 Å². The Morgan fingerprint density at radius 2 is 2.06 bits per heavy atom. The maximum absolute atomic E-state index is 6.04. The van der Waals surface area contributed by atoms with Crippen molar-refractivity contribution in [3.63, 3.8) is 0 Å². The first-order chi connectivity index (χ1) is 7.86. The second-order valence-corrected chi connectivity index (χ2v) is 4.30. The van der Waals surface area contributed by atoms with Gasteiger partial charge in [0.15, 0.2) is 0 Å². The first-order valence-corrected chi connectivity index (χ1v) is 5.78. The summed E-state index contributed by atoms with van der Waals surface area (Å²) in [5.74, 6) is 1.04. The van der Waals surface area contributed by atoms with Crippen molar-refractivity contribution in [3.05, 3.63) is 24.5 Å². The van der Waals surface area contributed by atoms with Crippen LogP contribution in [0.1, 0.15) is 0 Å². The van der Waals surface area contributed by atoms with E-state index in [0.717, 1.165) is 42.9 Å². The van der Waals surface area contributed by atoms with Gasteiger partial charge in [-0.2, -0.15) is 0 Å². The van der Waals surface area contributed by atoms with Gasteiger partial charge in [-0.25, -0.2) is 4.98 Å². The van der Waals surface area contributed by atoms with E-state index in [9.17, 15) is 0 Å². The molecule has 0 saturated carbocycles. The van der Waals surface area contributed by atoms with Crippen LogP contribution in [-0.4, -0.2) is 35.2 Å². The van der Waals surface area contributed by atoms with E-state index >= 15 is 0 Å². The molecule has 0 bridgehead atoms. The van der Waals surface area contributed by atoms with Crippen LogP contribution in [0.3, 0.4) is 0 Å². The quantitative estimate of drug-likeness (QED) is 0.814. The molecule has 1 aliphatic rings. The van der Waals surface area contributed by atoms with Crippen LogP contribution in [0.25, 0.3) is 10.9 Å². The average molecular weight is 237 g/mol. The number of nitrogens with zero attached hydrogens (tertiary/aromatic N) is 3. The van der Waals surface area contributed by atoms with Crippen molar-refractivity contribution in [1.29, 1.82) is 0 Å². The molecule has 1 aliphatic heterocycles. The number of pyridine rings is 1. The van der Waals surface area contributed by atoms with Gasteiger partial charge in [-0.1, -0.05) is 0 Å².